The number of halogens is 1. The zero-order valence-corrected chi connectivity index (χ0v) is 27.0. The summed E-state index contributed by atoms with van der Waals surface area (Å²) in [5, 5.41) is 21.1. The Morgan fingerprint density at radius 1 is 1.07 bits per heavy atom. The minimum absolute atomic E-state index is 0.0727. The number of aromatic nitrogens is 2. The average molecular weight is 664 g/mol. The Morgan fingerprint density at radius 3 is 2.67 bits per heavy atom. The largest absolute Gasteiger partial charge is 0.507 e. The molecule has 0 spiro atoms. The summed E-state index contributed by atoms with van der Waals surface area (Å²) >= 11 is 8.94. The monoisotopic (exact) mass is 663 g/mol. The van der Waals surface area contributed by atoms with Gasteiger partial charge in [-0.2, -0.15) is 0 Å². The Kier molecular flexibility index (Phi) is 9.29. The van der Waals surface area contributed by atoms with E-state index in [0.717, 1.165) is 12.0 Å². The van der Waals surface area contributed by atoms with Crippen molar-refractivity contribution in [3.63, 3.8) is 0 Å². The molecule has 45 heavy (non-hydrogen) atoms. The third-order valence-corrected chi connectivity index (χ3v) is 9.78. The Bertz CT molecular complexity index is 1770. The van der Waals surface area contributed by atoms with Gasteiger partial charge in [-0.15, -0.1) is 10.2 Å². The van der Waals surface area contributed by atoms with Crippen LogP contribution in [0.3, 0.4) is 0 Å². The van der Waals surface area contributed by atoms with Gasteiger partial charge < -0.3 is 19.3 Å². The first-order valence-corrected chi connectivity index (χ1v) is 16.6. The lowest BCUT2D eigenvalue weighted by Gasteiger charge is -2.23. The summed E-state index contributed by atoms with van der Waals surface area (Å²) in [6.07, 6.45) is 0.867. The SMILES string of the molecule is CC(C)CCOc1cccc([C@@H]2/C(=C(\O)c3ccc4c(c3)OCCO4)C(=O)C(=O)N2c2nnc(SCc3ccccc3Cl)s2)c1. The van der Waals surface area contributed by atoms with Gasteiger partial charge in [0.05, 0.1) is 18.2 Å². The molecule has 4 aromatic rings. The molecule has 0 radical (unpaired) electrons. The zero-order valence-electron chi connectivity index (χ0n) is 24.6. The molecule has 0 unspecified atom stereocenters. The second-order valence-corrected chi connectivity index (χ2v) is 13.4. The van der Waals surface area contributed by atoms with Gasteiger partial charge in [0.15, 0.2) is 15.8 Å². The summed E-state index contributed by atoms with van der Waals surface area (Å²) in [5.41, 5.74) is 1.77. The van der Waals surface area contributed by atoms with Crippen molar-refractivity contribution in [1.29, 1.82) is 0 Å². The van der Waals surface area contributed by atoms with E-state index in [1.807, 2.05) is 30.3 Å². The lowest BCUT2D eigenvalue weighted by Crippen LogP contribution is -2.29. The van der Waals surface area contributed by atoms with E-state index in [1.54, 1.807) is 36.4 Å². The number of ketones is 1. The fourth-order valence-electron chi connectivity index (χ4n) is 4.99. The fourth-order valence-corrected chi connectivity index (χ4v) is 7.14. The minimum Gasteiger partial charge on any atom is -0.507 e. The van der Waals surface area contributed by atoms with Crippen molar-refractivity contribution < 1.29 is 28.9 Å². The van der Waals surface area contributed by atoms with Crippen LogP contribution in [0.15, 0.2) is 76.6 Å². The van der Waals surface area contributed by atoms with Crippen molar-refractivity contribution in [2.24, 2.45) is 5.92 Å². The molecule has 1 N–H and O–H groups in total. The van der Waals surface area contributed by atoms with Crippen LogP contribution in [0.25, 0.3) is 5.76 Å². The summed E-state index contributed by atoms with van der Waals surface area (Å²) in [5.74, 6) is 0.610. The van der Waals surface area contributed by atoms with Crippen molar-refractivity contribution in [3.8, 4) is 17.2 Å². The summed E-state index contributed by atoms with van der Waals surface area (Å²) < 4.78 is 17.9. The number of carbonyl (C=O) groups is 2. The van der Waals surface area contributed by atoms with E-state index >= 15 is 0 Å². The maximum absolute atomic E-state index is 13.7. The topological polar surface area (TPSA) is 111 Å². The molecule has 1 atom stereocenters. The highest BCUT2D eigenvalue weighted by Gasteiger charge is 2.48. The van der Waals surface area contributed by atoms with Crippen molar-refractivity contribution in [2.45, 2.75) is 36.4 Å². The summed E-state index contributed by atoms with van der Waals surface area (Å²) in [4.78, 5) is 28.7. The zero-order chi connectivity index (χ0) is 31.5. The number of fused-ring (bicyclic) bond motifs is 1. The quantitative estimate of drug-likeness (QED) is 0.0614. The Labute approximate surface area is 273 Å². The molecule has 1 fully saturated rings. The molecule has 1 saturated heterocycles. The molecule has 0 saturated carbocycles. The highest BCUT2D eigenvalue weighted by molar-refractivity contribution is 8.00. The van der Waals surface area contributed by atoms with Crippen LogP contribution in [0.4, 0.5) is 5.13 Å². The maximum atomic E-state index is 13.7. The van der Waals surface area contributed by atoms with Crippen LogP contribution in [0, 0.1) is 5.92 Å². The number of hydrogen-bond acceptors (Lipinski definition) is 10. The highest BCUT2D eigenvalue weighted by Crippen LogP contribution is 2.45. The van der Waals surface area contributed by atoms with E-state index in [0.29, 0.717) is 69.2 Å². The molecule has 1 amide bonds. The molecule has 0 aliphatic carbocycles. The van der Waals surface area contributed by atoms with Crippen molar-refractivity contribution in [2.75, 3.05) is 24.7 Å². The Balaban J connectivity index is 1.38. The normalized spacial score (nSPS) is 17.2. The number of aliphatic hydroxyl groups excluding tert-OH is 1. The van der Waals surface area contributed by atoms with E-state index in [2.05, 4.69) is 24.0 Å². The van der Waals surface area contributed by atoms with Crippen LogP contribution in [-0.2, 0) is 15.3 Å². The van der Waals surface area contributed by atoms with Gasteiger partial charge >= 0.3 is 5.91 Å². The second kappa shape index (κ2) is 13.5. The van der Waals surface area contributed by atoms with Crippen LogP contribution in [0.5, 0.6) is 17.2 Å². The molecular formula is C33H30ClN3O6S2. The Hall–Kier alpha value is -4.06. The molecule has 232 valence electrons. The van der Waals surface area contributed by atoms with Gasteiger partial charge in [-0.25, -0.2) is 0 Å². The predicted molar refractivity (Wildman–Crippen MR) is 175 cm³/mol. The lowest BCUT2D eigenvalue weighted by molar-refractivity contribution is -0.132. The van der Waals surface area contributed by atoms with Crippen molar-refractivity contribution in [3.05, 3.63) is 94.0 Å². The number of aliphatic hydroxyl groups is 1. The number of carbonyl (C=O) groups excluding carboxylic acids is 2. The van der Waals surface area contributed by atoms with E-state index < -0.39 is 17.7 Å². The lowest BCUT2D eigenvalue weighted by atomic mass is 9.95. The van der Waals surface area contributed by atoms with Crippen LogP contribution in [0.1, 0.15) is 43.0 Å². The smallest absolute Gasteiger partial charge is 0.301 e. The second-order valence-electron chi connectivity index (χ2n) is 10.9. The van der Waals surface area contributed by atoms with Gasteiger partial charge in [-0.3, -0.25) is 14.5 Å². The number of thioether (sulfide) groups is 1. The third kappa shape index (κ3) is 6.66. The van der Waals surface area contributed by atoms with Crippen LogP contribution in [0.2, 0.25) is 5.02 Å². The molecule has 3 heterocycles. The number of Topliss-reactive ketones (excluding diaryl/α,β-unsaturated/α-hetero) is 1. The standard InChI is InChI=1S/C33H30ClN3O6S2/c1-19(2)12-13-41-23-8-5-7-20(16-23)28-27(29(38)21-10-11-25-26(17-21)43-15-14-42-25)30(39)31(40)37(28)32-35-36-33(45-32)44-18-22-6-3-4-9-24(22)34/h3-11,16-17,19,28,38H,12-15,18H2,1-2H3/b29-27+/t28-/m1/s1. The van der Waals surface area contributed by atoms with Crippen LogP contribution >= 0.6 is 34.7 Å². The van der Waals surface area contributed by atoms with E-state index in [1.165, 1.54) is 28.0 Å². The molecule has 6 rings (SSSR count). The molecule has 0 bridgehead atoms. The van der Waals surface area contributed by atoms with Gasteiger partial charge in [0.2, 0.25) is 5.13 Å². The van der Waals surface area contributed by atoms with Gasteiger partial charge in [-0.05, 0) is 59.9 Å². The number of hydrogen-bond donors (Lipinski definition) is 1. The first-order chi connectivity index (χ1) is 21.8. The van der Waals surface area contributed by atoms with Crippen molar-refractivity contribution in [1.82, 2.24) is 10.2 Å². The first-order valence-electron chi connectivity index (χ1n) is 14.4. The number of amides is 1. The molecule has 12 heteroatoms. The van der Waals surface area contributed by atoms with Crippen LogP contribution < -0.4 is 19.1 Å². The minimum atomic E-state index is -0.985. The number of anilines is 1. The molecule has 2 aliphatic heterocycles. The maximum Gasteiger partial charge on any atom is 0.301 e. The van der Waals surface area contributed by atoms with E-state index in [-0.39, 0.29) is 16.5 Å². The van der Waals surface area contributed by atoms with Gasteiger partial charge in [-0.1, -0.05) is 78.9 Å². The van der Waals surface area contributed by atoms with E-state index in [4.69, 9.17) is 25.8 Å². The van der Waals surface area contributed by atoms with Crippen LogP contribution in [-0.4, -0.2) is 46.8 Å². The average Bonchev–Trinajstić information content (AvgIpc) is 3.61. The predicted octanol–water partition coefficient (Wildman–Crippen LogP) is 7.31. The highest BCUT2D eigenvalue weighted by atomic mass is 35.5. The molecular weight excluding hydrogens is 634 g/mol. The number of benzene rings is 3. The molecule has 9 nitrogen and oxygen atoms in total. The van der Waals surface area contributed by atoms with Gasteiger partial charge in [0.25, 0.3) is 5.78 Å². The Morgan fingerprint density at radius 2 is 1.87 bits per heavy atom. The number of ether oxygens (including phenoxy) is 3. The fraction of sp³-hybridized carbons (Fsp3) is 0.273. The van der Waals surface area contributed by atoms with Gasteiger partial charge in [0.1, 0.15) is 24.7 Å². The number of nitrogens with zero attached hydrogens (tertiary/aromatic N) is 3. The molecule has 2 aliphatic rings. The first kappa shape index (κ1) is 30.9. The van der Waals surface area contributed by atoms with Gasteiger partial charge in [0, 0.05) is 16.3 Å². The number of rotatable bonds is 10. The molecule has 3 aromatic carbocycles. The van der Waals surface area contributed by atoms with Crippen molar-refractivity contribution >= 4 is 57.3 Å². The summed E-state index contributed by atoms with van der Waals surface area (Å²) in [6.45, 7) is 5.53. The van der Waals surface area contributed by atoms with E-state index in [9.17, 15) is 14.7 Å². The third-order valence-electron chi connectivity index (χ3n) is 7.31. The molecule has 1 aromatic heterocycles. The summed E-state index contributed by atoms with van der Waals surface area (Å²) in [6, 6.07) is 18.7. The summed E-state index contributed by atoms with van der Waals surface area (Å²) in [7, 11) is 0.